The molecule has 0 radical (unpaired) electrons. The molecular formula is C19H15ClN2O5S. The number of anilines is 1. The third kappa shape index (κ3) is 4.79. The highest BCUT2D eigenvalue weighted by atomic mass is 35.5. The molecule has 7 nitrogen and oxygen atoms in total. The largest absolute Gasteiger partial charge is 0.489 e. The van der Waals surface area contributed by atoms with E-state index in [1.165, 1.54) is 42.5 Å². The van der Waals surface area contributed by atoms with Crippen molar-refractivity contribution >= 4 is 33.3 Å². The first-order valence-electron chi connectivity index (χ1n) is 8.02. The second-order valence-electron chi connectivity index (χ2n) is 5.72. The summed E-state index contributed by atoms with van der Waals surface area (Å²) in [6.07, 6.45) is 3.31. The molecule has 0 unspecified atom stereocenters. The third-order valence-electron chi connectivity index (χ3n) is 3.75. The van der Waals surface area contributed by atoms with Crippen LogP contribution in [0, 0.1) is 0 Å². The number of nitrogens with one attached hydrogen (secondary N) is 1. The van der Waals surface area contributed by atoms with Crippen LogP contribution in [0.1, 0.15) is 15.9 Å². The summed E-state index contributed by atoms with van der Waals surface area (Å²) in [5.74, 6) is -0.798. The summed E-state index contributed by atoms with van der Waals surface area (Å²) < 4.78 is 33.0. The lowest BCUT2D eigenvalue weighted by atomic mass is 10.2. The van der Waals surface area contributed by atoms with Gasteiger partial charge in [0.1, 0.15) is 12.4 Å². The van der Waals surface area contributed by atoms with Crippen LogP contribution < -0.4 is 9.46 Å². The predicted molar refractivity (Wildman–Crippen MR) is 104 cm³/mol. The van der Waals surface area contributed by atoms with Gasteiger partial charge in [-0.3, -0.25) is 9.71 Å². The Morgan fingerprint density at radius 3 is 2.39 bits per heavy atom. The summed E-state index contributed by atoms with van der Waals surface area (Å²) in [6, 6.07) is 13.3. The highest BCUT2D eigenvalue weighted by molar-refractivity contribution is 7.92. The number of sulfonamides is 1. The van der Waals surface area contributed by atoms with Gasteiger partial charge in [-0.15, -0.1) is 0 Å². The Morgan fingerprint density at radius 1 is 1.07 bits per heavy atom. The number of halogens is 1. The number of carboxylic acid groups (broad SMARTS) is 1. The number of aromatic carboxylic acids is 1. The van der Waals surface area contributed by atoms with E-state index in [1.54, 1.807) is 12.4 Å². The van der Waals surface area contributed by atoms with Gasteiger partial charge in [-0.2, -0.15) is 0 Å². The van der Waals surface area contributed by atoms with E-state index >= 15 is 0 Å². The SMILES string of the molecule is O=C(O)c1cc(Cl)ccc1NS(=O)(=O)c1ccc(OCc2ccncc2)cc1. The number of carboxylic acids is 1. The second kappa shape index (κ2) is 8.28. The van der Waals surface area contributed by atoms with E-state index < -0.39 is 16.0 Å². The Balaban J connectivity index is 1.75. The van der Waals surface area contributed by atoms with Crippen molar-refractivity contribution in [3.05, 3.63) is 83.1 Å². The molecule has 0 aliphatic heterocycles. The molecule has 1 heterocycles. The van der Waals surface area contributed by atoms with E-state index in [4.69, 9.17) is 16.3 Å². The molecule has 0 aliphatic carbocycles. The van der Waals surface area contributed by atoms with E-state index in [9.17, 15) is 18.3 Å². The Bertz CT molecular complexity index is 1090. The molecule has 0 aliphatic rings. The van der Waals surface area contributed by atoms with Crippen LogP contribution in [-0.2, 0) is 16.6 Å². The molecule has 0 bridgehead atoms. The molecule has 0 amide bonds. The maximum atomic E-state index is 12.6. The van der Waals surface area contributed by atoms with Crippen LogP contribution in [0.15, 0.2) is 71.9 Å². The zero-order valence-electron chi connectivity index (χ0n) is 14.4. The molecule has 9 heteroatoms. The van der Waals surface area contributed by atoms with Crippen molar-refractivity contribution in [2.45, 2.75) is 11.5 Å². The standard InChI is InChI=1S/C19H15ClN2O5S/c20-14-1-6-18(17(11-14)19(23)24)22-28(25,26)16-4-2-15(3-5-16)27-12-13-7-9-21-10-8-13/h1-11,22H,12H2,(H,23,24). The second-order valence-corrected chi connectivity index (χ2v) is 7.83. The Kier molecular flexibility index (Phi) is 5.81. The summed E-state index contributed by atoms with van der Waals surface area (Å²) in [5.41, 5.74) is 0.612. The fourth-order valence-electron chi connectivity index (χ4n) is 2.35. The van der Waals surface area contributed by atoms with Gasteiger partial charge in [0.25, 0.3) is 10.0 Å². The van der Waals surface area contributed by atoms with Crippen molar-refractivity contribution in [3.63, 3.8) is 0 Å². The molecule has 3 aromatic rings. The number of hydrogen-bond donors (Lipinski definition) is 2. The van der Waals surface area contributed by atoms with Gasteiger partial charge in [0.15, 0.2) is 0 Å². The lowest BCUT2D eigenvalue weighted by molar-refractivity contribution is 0.0698. The van der Waals surface area contributed by atoms with Crippen LogP contribution in [0.25, 0.3) is 0 Å². The van der Waals surface area contributed by atoms with Gasteiger partial charge in [-0.05, 0) is 60.2 Å². The molecule has 0 spiro atoms. The number of ether oxygens (including phenoxy) is 1. The summed E-state index contributed by atoms with van der Waals surface area (Å²) in [7, 11) is -3.99. The van der Waals surface area contributed by atoms with E-state index in [1.807, 2.05) is 12.1 Å². The Hall–Kier alpha value is -3.10. The van der Waals surface area contributed by atoms with Crippen molar-refractivity contribution in [2.75, 3.05) is 4.72 Å². The van der Waals surface area contributed by atoms with E-state index in [-0.39, 0.29) is 21.2 Å². The maximum absolute atomic E-state index is 12.6. The minimum atomic E-state index is -3.99. The number of rotatable bonds is 7. The summed E-state index contributed by atoms with van der Waals surface area (Å²) in [6.45, 7) is 0.319. The summed E-state index contributed by atoms with van der Waals surface area (Å²) in [4.78, 5) is 15.2. The number of benzene rings is 2. The monoisotopic (exact) mass is 418 g/mol. The lowest BCUT2D eigenvalue weighted by Gasteiger charge is -2.12. The normalized spacial score (nSPS) is 11.0. The quantitative estimate of drug-likeness (QED) is 0.604. The molecule has 2 N–H and O–H groups in total. The fourth-order valence-corrected chi connectivity index (χ4v) is 3.60. The number of nitrogens with zero attached hydrogens (tertiary/aromatic N) is 1. The van der Waals surface area contributed by atoms with Gasteiger partial charge < -0.3 is 9.84 Å². The van der Waals surface area contributed by atoms with Gasteiger partial charge in [-0.1, -0.05) is 11.6 Å². The lowest BCUT2D eigenvalue weighted by Crippen LogP contribution is -2.15. The molecule has 1 aromatic heterocycles. The molecule has 144 valence electrons. The summed E-state index contributed by atoms with van der Waals surface area (Å²) in [5, 5.41) is 9.42. The summed E-state index contributed by atoms with van der Waals surface area (Å²) >= 11 is 5.78. The van der Waals surface area contributed by atoms with Crippen molar-refractivity contribution in [3.8, 4) is 5.75 Å². The Labute approximate surface area is 166 Å². The van der Waals surface area contributed by atoms with Crippen LogP contribution in [0.2, 0.25) is 5.02 Å². The molecule has 28 heavy (non-hydrogen) atoms. The third-order valence-corrected chi connectivity index (χ3v) is 5.36. The maximum Gasteiger partial charge on any atom is 0.337 e. The topological polar surface area (TPSA) is 106 Å². The highest BCUT2D eigenvalue weighted by Gasteiger charge is 2.19. The predicted octanol–water partition coefficient (Wildman–Crippen LogP) is 3.81. The van der Waals surface area contributed by atoms with Crippen molar-refractivity contribution in [2.24, 2.45) is 0 Å². The molecular weight excluding hydrogens is 404 g/mol. The number of hydrogen-bond acceptors (Lipinski definition) is 5. The Morgan fingerprint density at radius 2 is 1.75 bits per heavy atom. The van der Waals surface area contributed by atoms with Gasteiger partial charge in [0.05, 0.1) is 16.1 Å². The zero-order valence-corrected chi connectivity index (χ0v) is 15.9. The van der Waals surface area contributed by atoms with Crippen LogP contribution in [0.5, 0.6) is 5.75 Å². The first-order valence-corrected chi connectivity index (χ1v) is 9.89. The van der Waals surface area contributed by atoms with Crippen LogP contribution in [0.3, 0.4) is 0 Å². The van der Waals surface area contributed by atoms with E-state index in [2.05, 4.69) is 9.71 Å². The van der Waals surface area contributed by atoms with E-state index in [0.29, 0.717) is 12.4 Å². The van der Waals surface area contributed by atoms with E-state index in [0.717, 1.165) is 5.56 Å². The number of pyridine rings is 1. The van der Waals surface area contributed by atoms with Crippen molar-refractivity contribution < 1.29 is 23.1 Å². The fraction of sp³-hybridized carbons (Fsp3) is 0.0526. The molecule has 0 atom stereocenters. The van der Waals surface area contributed by atoms with Crippen molar-refractivity contribution in [1.29, 1.82) is 0 Å². The number of carbonyl (C=O) groups is 1. The first-order chi connectivity index (χ1) is 13.3. The van der Waals surface area contributed by atoms with Gasteiger partial charge in [-0.25, -0.2) is 13.2 Å². The smallest absolute Gasteiger partial charge is 0.337 e. The van der Waals surface area contributed by atoms with Crippen LogP contribution in [-0.4, -0.2) is 24.5 Å². The first kappa shape index (κ1) is 19.7. The molecule has 3 rings (SSSR count). The number of aromatic nitrogens is 1. The molecule has 2 aromatic carbocycles. The zero-order chi connectivity index (χ0) is 20.1. The average Bonchev–Trinajstić information content (AvgIpc) is 2.68. The minimum absolute atomic E-state index is 0.0324. The average molecular weight is 419 g/mol. The van der Waals surface area contributed by atoms with Gasteiger partial charge in [0, 0.05) is 17.4 Å². The van der Waals surface area contributed by atoms with Crippen LogP contribution >= 0.6 is 11.6 Å². The van der Waals surface area contributed by atoms with Gasteiger partial charge in [0.2, 0.25) is 0 Å². The minimum Gasteiger partial charge on any atom is -0.489 e. The molecule has 0 saturated carbocycles. The van der Waals surface area contributed by atoms with Crippen LogP contribution in [0.4, 0.5) is 5.69 Å². The highest BCUT2D eigenvalue weighted by Crippen LogP contribution is 2.25. The molecule has 0 saturated heterocycles. The van der Waals surface area contributed by atoms with Gasteiger partial charge >= 0.3 is 5.97 Å². The van der Waals surface area contributed by atoms with Crippen molar-refractivity contribution in [1.82, 2.24) is 4.98 Å². The molecule has 0 fully saturated rings.